The molecule has 1 saturated heterocycles. The molecule has 1 amide bonds. The first-order valence-electron chi connectivity index (χ1n) is 5.37. The highest BCUT2D eigenvalue weighted by Crippen LogP contribution is 2.12. The van der Waals surface area contributed by atoms with Gasteiger partial charge >= 0.3 is 0 Å². The summed E-state index contributed by atoms with van der Waals surface area (Å²) in [4.78, 5) is 14.0. The van der Waals surface area contributed by atoms with E-state index in [-0.39, 0.29) is 11.9 Å². The van der Waals surface area contributed by atoms with E-state index >= 15 is 0 Å². The first-order chi connectivity index (χ1) is 7.68. The Hall–Kier alpha value is -0.630. The molecule has 1 aromatic heterocycles. The van der Waals surface area contributed by atoms with Crippen LogP contribution in [0.1, 0.15) is 13.0 Å². The predicted molar refractivity (Wildman–Crippen MR) is 69.1 cm³/mol. The maximum atomic E-state index is 12.1. The Balaban J connectivity index is 2.03. The SMILES string of the molecule is CC(C(=O)N1CCNCC1)n1cc(I)cn1. The molecule has 0 spiro atoms. The smallest absolute Gasteiger partial charge is 0.247 e. The lowest BCUT2D eigenvalue weighted by Crippen LogP contribution is -2.48. The van der Waals surface area contributed by atoms with Crippen molar-refractivity contribution in [2.75, 3.05) is 26.2 Å². The van der Waals surface area contributed by atoms with Crippen molar-refractivity contribution in [2.24, 2.45) is 0 Å². The fraction of sp³-hybridized carbons (Fsp3) is 0.600. The fourth-order valence-corrected chi connectivity index (χ4v) is 2.20. The molecule has 1 unspecified atom stereocenters. The minimum Gasteiger partial charge on any atom is -0.338 e. The van der Waals surface area contributed by atoms with Gasteiger partial charge in [0.2, 0.25) is 5.91 Å². The van der Waals surface area contributed by atoms with Gasteiger partial charge in [-0.1, -0.05) is 0 Å². The molecule has 0 bridgehead atoms. The molecule has 1 fully saturated rings. The summed E-state index contributed by atoms with van der Waals surface area (Å²) in [6.07, 6.45) is 3.66. The van der Waals surface area contributed by atoms with Crippen molar-refractivity contribution in [2.45, 2.75) is 13.0 Å². The lowest BCUT2D eigenvalue weighted by Gasteiger charge is -2.29. The van der Waals surface area contributed by atoms with Gasteiger partial charge in [0.25, 0.3) is 0 Å². The molecule has 5 nitrogen and oxygen atoms in total. The average Bonchev–Trinajstić information content (AvgIpc) is 2.75. The van der Waals surface area contributed by atoms with E-state index in [1.54, 1.807) is 10.9 Å². The van der Waals surface area contributed by atoms with E-state index in [1.165, 1.54) is 0 Å². The average molecular weight is 334 g/mol. The molecule has 0 aromatic carbocycles. The Morgan fingerprint density at radius 1 is 1.56 bits per heavy atom. The Bertz CT molecular complexity index is 373. The zero-order chi connectivity index (χ0) is 11.5. The van der Waals surface area contributed by atoms with Gasteiger partial charge in [-0.3, -0.25) is 9.48 Å². The summed E-state index contributed by atoms with van der Waals surface area (Å²) in [7, 11) is 0. The molecule has 88 valence electrons. The lowest BCUT2D eigenvalue weighted by molar-refractivity contribution is -0.135. The number of carbonyl (C=O) groups excluding carboxylic acids is 1. The zero-order valence-electron chi connectivity index (χ0n) is 9.19. The van der Waals surface area contributed by atoms with Gasteiger partial charge < -0.3 is 10.2 Å². The van der Waals surface area contributed by atoms with Gasteiger partial charge in [-0.15, -0.1) is 0 Å². The standard InChI is InChI=1S/C10H15IN4O/c1-8(15-7-9(11)6-13-15)10(16)14-4-2-12-3-5-14/h6-8,12H,2-5H2,1H3. The molecule has 2 heterocycles. The first kappa shape index (κ1) is 11.8. The summed E-state index contributed by atoms with van der Waals surface area (Å²) in [5.74, 6) is 0.154. The summed E-state index contributed by atoms with van der Waals surface area (Å²) in [6, 6.07) is -0.207. The number of aromatic nitrogens is 2. The maximum Gasteiger partial charge on any atom is 0.247 e. The van der Waals surface area contributed by atoms with Crippen LogP contribution in [0, 0.1) is 3.57 Å². The van der Waals surface area contributed by atoms with E-state index in [0.29, 0.717) is 0 Å². The van der Waals surface area contributed by atoms with Crippen molar-refractivity contribution < 1.29 is 4.79 Å². The van der Waals surface area contributed by atoms with Crippen molar-refractivity contribution in [1.29, 1.82) is 0 Å². The molecule has 0 saturated carbocycles. The van der Waals surface area contributed by atoms with Gasteiger partial charge in [0.1, 0.15) is 6.04 Å². The van der Waals surface area contributed by atoms with Crippen molar-refractivity contribution in [1.82, 2.24) is 20.0 Å². The number of hydrogen-bond acceptors (Lipinski definition) is 3. The first-order valence-corrected chi connectivity index (χ1v) is 6.45. The van der Waals surface area contributed by atoms with Crippen molar-refractivity contribution in [3.8, 4) is 0 Å². The van der Waals surface area contributed by atoms with Gasteiger partial charge in [0.15, 0.2) is 0 Å². The van der Waals surface area contributed by atoms with Crippen molar-refractivity contribution >= 4 is 28.5 Å². The second-order valence-electron chi connectivity index (χ2n) is 3.89. The van der Waals surface area contributed by atoms with Crippen LogP contribution in [0.25, 0.3) is 0 Å². The van der Waals surface area contributed by atoms with Crippen LogP contribution in [-0.2, 0) is 4.79 Å². The van der Waals surface area contributed by atoms with Gasteiger partial charge in [-0.25, -0.2) is 0 Å². The summed E-state index contributed by atoms with van der Waals surface area (Å²) in [6.45, 7) is 5.25. The molecule has 1 aliphatic rings. The molecule has 1 aliphatic heterocycles. The van der Waals surface area contributed by atoms with Gasteiger partial charge in [0.05, 0.1) is 9.77 Å². The second kappa shape index (κ2) is 5.13. The number of carbonyl (C=O) groups is 1. The molecule has 1 atom stereocenters. The molecule has 2 rings (SSSR count). The van der Waals surface area contributed by atoms with Crippen molar-refractivity contribution in [3.63, 3.8) is 0 Å². The van der Waals surface area contributed by atoms with E-state index in [1.807, 2.05) is 18.0 Å². The molecule has 1 N–H and O–H groups in total. The van der Waals surface area contributed by atoms with E-state index in [2.05, 4.69) is 33.0 Å². The van der Waals surface area contributed by atoms with Gasteiger partial charge in [-0.2, -0.15) is 5.10 Å². The Labute approximate surface area is 108 Å². The third kappa shape index (κ3) is 2.54. The quantitative estimate of drug-likeness (QED) is 0.801. The van der Waals surface area contributed by atoms with E-state index in [9.17, 15) is 4.79 Å². The Morgan fingerprint density at radius 2 is 2.25 bits per heavy atom. The third-order valence-electron chi connectivity index (χ3n) is 2.75. The predicted octanol–water partition coefficient (Wildman–Crippen LogP) is 0.480. The van der Waals surface area contributed by atoms with Gasteiger partial charge in [0, 0.05) is 32.4 Å². The number of halogens is 1. The van der Waals surface area contributed by atoms with Crippen molar-refractivity contribution in [3.05, 3.63) is 16.0 Å². The van der Waals surface area contributed by atoms with Crippen LogP contribution < -0.4 is 5.32 Å². The van der Waals surface area contributed by atoms with Crippen LogP contribution >= 0.6 is 22.6 Å². The van der Waals surface area contributed by atoms with Crippen LogP contribution in [0.2, 0.25) is 0 Å². The lowest BCUT2D eigenvalue weighted by atomic mass is 10.2. The topological polar surface area (TPSA) is 50.2 Å². The highest BCUT2D eigenvalue weighted by atomic mass is 127. The monoisotopic (exact) mass is 334 g/mol. The van der Waals surface area contributed by atoms with E-state index in [0.717, 1.165) is 29.7 Å². The minimum atomic E-state index is -0.207. The van der Waals surface area contributed by atoms with E-state index < -0.39 is 0 Å². The number of piperazine rings is 1. The number of nitrogens with one attached hydrogen (secondary N) is 1. The zero-order valence-corrected chi connectivity index (χ0v) is 11.3. The summed E-state index contributed by atoms with van der Waals surface area (Å²) in [5, 5.41) is 7.41. The summed E-state index contributed by atoms with van der Waals surface area (Å²) < 4.78 is 2.78. The highest BCUT2D eigenvalue weighted by Gasteiger charge is 2.23. The summed E-state index contributed by atoms with van der Waals surface area (Å²) >= 11 is 2.19. The molecule has 1 aromatic rings. The van der Waals surface area contributed by atoms with Crippen LogP contribution in [0.4, 0.5) is 0 Å². The number of hydrogen-bond donors (Lipinski definition) is 1. The summed E-state index contributed by atoms with van der Waals surface area (Å²) in [5.41, 5.74) is 0. The Kier molecular flexibility index (Phi) is 3.80. The normalized spacial score (nSPS) is 18.5. The molecule has 6 heteroatoms. The number of amides is 1. The maximum absolute atomic E-state index is 12.1. The number of nitrogens with zero attached hydrogens (tertiary/aromatic N) is 3. The minimum absolute atomic E-state index is 0.154. The van der Waals surface area contributed by atoms with Crippen LogP contribution in [0.15, 0.2) is 12.4 Å². The van der Waals surface area contributed by atoms with Gasteiger partial charge in [-0.05, 0) is 29.5 Å². The third-order valence-corrected chi connectivity index (χ3v) is 3.31. The molecular formula is C10H15IN4O. The molecule has 0 radical (unpaired) electrons. The second-order valence-corrected chi connectivity index (χ2v) is 5.14. The number of rotatable bonds is 2. The molecule has 16 heavy (non-hydrogen) atoms. The van der Waals surface area contributed by atoms with Crippen LogP contribution in [-0.4, -0.2) is 46.8 Å². The molecular weight excluding hydrogens is 319 g/mol. The fourth-order valence-electron chi connectivity index (χ4n) is 1.79. The molecule has 0 aliphatic carbocycles. The van der Waals surface area contributed by atoms with E-state index in [4.69, 9.17) is 0 Å². The highest BCUT2D eigenvalue weighted by molar-refractivity contribution is 14.1. The van der Waals surface area contributed by atoms with Crippen LogP contribution in [0.3, 0.4) is 0 Å². The largest absolute Gasteiger partial charge is 0.338 e. The Morgan fingerprint density at radius 3 is 2.81 bits per heavy atom. The van der Waals surface area contributed by atoms with Crippen LogP contribution in [0.5, 0.6) is 0 Å².